The summed E-state index contributed by atoms with van der Waals surface area (Å²) < 4.78 is 0. The molecule has 2 fully saturated rings. The van der Waals surface area contributed by atoms with Crippen molar-refractivity contribution < 1.29 is 4.79 Å². The van der Waals surface area contributed by atoms with Crippen LogP contribution >= 0.6 is 0 Å². The molecule has 0 aliphatic heterocycles. The molecule has 0 aromatic carbocycles. The van der Waals surface area contributed by atoms with Crippen molar-refractivity contribution in [2.75, 3.05) is 0 Å². The van der Waals surface area contributed by atoms with Gasteiger partial charge in [-0.1, -0.05) is 38.5 Å². The van der Waals surface area contributed by atoms with Crippen molar-refractivity contribution in [1.82, 2.24) is 0 Å². The molecule has 2 aliphatic carbocycles. The molecule has 2 nitrogen and oxygen atoms in total. The van der Waals surface area contributed by atoms with E-state index in [1.54, 1.807) is 0 Å². The Kier molecular flexibility index (Phi) is 3.79. The van der Waals surface area contributed by atoms with Crippen LogP contribution in [0.2, 0.25) is 0 Å². The molecule has 0 amide bonds. The van der Waals surface area contributed by atoms with Crippen LogP contribution in [0.3, 0.4) is 0 Å². The highest BCUT2D eigenvalue weighted by Crippen LogP contribution is 2.31. The van der Waals surface area contributed by atoms with Crippen LogP contribution < -0.4 is 5.73 Å². The molecule has 0 radical (unpaired) electrons. The van der Waals surface area contributed by atoms with E-state index in [2.05, 4.69) is 0 Å². The summed E-state index contributed by atoms with van der Waals surface area (Å²) in [6, 6.07) is 0.160. The maximum atomic E-state index is 12.1. The maximum Gasteiger partial charge on any atom is 0.137 e. The van der Waals surface area contributed by atoms with Crippen molar-refractivity contribution in [2.24, 2.45) is 17.6 Å². The van der Waals surface area contributed by atoms with Gasteiger partial charge in [0.05, 0.1) is 0 Å². The van der Waals surface area contributed by atoms with Crippen LogP contribution in [0.15, 0.2) is 0 Å². The predicted octanol–water partition coefficient (Wildman–Crippen LogP) is 2.65. The molecule has 2 rings (SSSR count). The quantitative estimate of drug-likeness (QED) is 0.776. The van der Waals surface area contributed by atoms with Gasteiger partial charge in [-0.2, -0.15) is 0 Å². The summed E-state index contributed by atoms with van der Waals surface area (Å²) in [5.41, 5.74) is 6.03. The molecule has 2 heteroatoms. The molecular weight excluding hydrogens is 186 g/mol. The highest BCUT2D eigenvalue weighted by atomic mass is 16.1. The van der Waals surface area contributed by atoms with Gasteiger partial charge >= 0.3 is 0 Å². The molecule has 2 unspecified atom stereocenters. The molecule has 2 N–H and O–H groups in total. The van der Waals surface area contributed by atoms with Crippen molar-refractivity contribution in [3.05, 3.63) is 0 Å². The molecule has 2 atom stereocenters. The monoisotopic (exact) mass is 209 g/mol. The van der Waals surface area contributed by atoms with Gasteiger partial charge in [0, 0.05) is 18.4 Å². The number of hydrogen-bond donors (Lipinski definition) is 1. The first-order valence-electron chi connectivity index (χ1n) is 6.55. The van der Waals surface area contributed by atoms with E-state index in [-0.39, 0.29) is 12.0 Å². The number of hydrogen-bond acceptors (Lipinski definition) is 2. The van der Waals surface area contributed by atoms with Gasteiger partial charge in [-0.25, -0.2) is 0 Å². The largest absolute Gasteiger partial charge is 0.327 e. The Morgan fingerprint density at radius 3 is 2.27 bits per heavy atom. The van der Waals surface area contributed by atoms with Crippen molar-refractivity contribution in [3.63, 3.8) is 0 Å². The Bertz CT molecular complexity index is 221. The minimum Gasteiger partial charge on any atom is -0.327 e. The van der Waals surface area contributed by atoms with Crippen LogP contribution in [0.1, 0.15) is 57.8 Å². The van der Waals surface area contributed by atoms with Crippen LogP contribution in [0.5, 0.6) is 0 Å². The Hall–Kier alpha value is -0.370. The lowest BCUT2D eigenvalue weighted by molar-refractivity contribution is -0.125. The normalized spacial score (nSPS) is 33.1. The average molecular weight is 209 g/mol. The van der Waals surface area contributed by atoms with E-state index in [1.165, 1.54) is 38.5 Å². The standard InChI is InChI=1S/C13H23NO/c14-12-8-4-3-7-11(12)13(15)9-10-5-1-2-6-10/h10-12H,1-9,14H2. The molecule has 2 saturated carbocycles. The van der Waals surface area contributed by atoms with E-state index in [0.29, 0.717) is 11.7 Å². The van der Waals surface area contributed by atoms with Gasteiger partial charge in [-0.05, 0) is 18.8 Å². The molecule has 0 spiro atoms. The second-order valence-corrected chi connectivity index (χ2v) is 5.38. The second-order valence-electron chi connectivity index (χ2n) is 5.38. The summed E-state index contributed by atoms with van der Waals surface area (Å²) in [6.45, 7) is 0. The number of ketones is 1. The average Bonchev–Trinajstić information content (AvgIpc) is 2.71. The van der Waals surface area contributed by atoms with Crippen LogP contribution in [0, 0.1) is 11.8 Å². The molecule has 2 aliphatic rings. The molecular formula is C13H23NO. The summed E-state index contributed by atoms with van der Waals surface area (Å²) in [7, 11) is 0. The number of Topliss-reactive ketones (excluding diaryl/α,β-unsaturated/α-hetero) is 1. The summed E-state index contributed by atoms with van der Waals surface area (Å²) >= 11 is 0. The molecule has 0 saturated heterocycles. The van der Waals surface area contributed by atoms with Gasteiger partial charge < -0.3 is 5.73 Å². The SMILES string of the molecule is NC1CCCCC1C(=O)CC1CCCC1. The van der Waals surface area contributed by atoms with Crippen LogP contribution in [-0.4, -0.2) is 11.8 Å². The smallest absolute Gasteiger partial charge is 0.137 e. The molecule has 0 heterocycles. The van der Waals surface area contributed by atoms with E-state index >= 15 is 0 Å². The van der Waals surface area contributed by atoms with Gasteiger partial charge in [-0.3, -0.25) is 4.79 Å². The topological polar surface area (TPSA) is 43.1 Å². The zero-order chi connectivity index (χ0) is 10.7. The van der Waals surface area contributed by atoms with E-state index in [1.807, 2.05) is 0 Å². The van der Waals surface area contributed by atoms with E-state index in [0.717, 1.165) is 19.3 Å². The Labute approximate surface area is 92.6 Å². The fraction of sp³-hybridized carbons (Fsp3) is 0.923. The molecule has 0 aromatic rings. The predicted molar refractivity (Wildman–Crippen MR) is 61.5 cm³/mol. The van der Waals surface area contributed by atoms with E-state index < -0.39 is 0 Å². The van der Waals surface area contributed by atoms with Crippen LogP contribution in [-0.2, 0) is 4.79 Å². The van der Waals surface area contributed by atoms with Gasteiger partial charge in [0.2, 0.25) is 0 Å². The molecule has 0 aromatic heterocycles. The van der Waals surface area contributed by atoms with E-state index in [9.17, 15) is 4.79 Å². The zero-order valence-corrected chi connectivity index (χ0v) is 9.58. The fourth-order valence-corrected chi connectivity index (χ4v) is 3.21. The Morgan fingerprint density at radius 1 is 1.00 bits per heavy atom. The Balaban J connectivity index is 1.83. The molecule has 0 bridgehead atoms. The lowest BCUT2D eigenvalue weighted by Crippen LogP contribution is -2.38. The van der Waals surface area contributed by atoms with Gasteiger partial charge in [0.1, 0.15) is 5.78 Å². The highest BCUT2D eigenvalue weighted by molar-refractivity contribution is 5.82. The van der Waals surface area contributed by atoms with Crippen molar-refractivity contribution in [3.8, 4) is 0 Å². The maximum absolute atomic E-state index is 12.1. The first-order valence-corrected chi connectivity index (χ1v) is 6.55. The summed E-state index contributed by atoms with van der Waals surface area (Å²) in [5, 5.41) is 0. The summed E-state index contributed by atoms with van der Waals surface area (Å²) in [5.74, 6) is 1.35. The third-order valence-corrected chi connectivity index (χ3v) is 4.20. The fourth-order valence-electron chi connectivity index (χ4n) is 3.21. The number of rotatable bonds is 3. The minimum absolute atomic E-state index is 0.160. The highest BCUT2D eigenvalue weighted by Gasteiger charge is 2.30. The van der Waals surface area contributed by atoms with Crippen LogP contribution in [0.4, 0.5) is 0 Å². The number of nitrogens with two attached hydrogens (primary N) is 1. The first kappa shape index (κ1) is 11.1. The van der Waals surface area contributed by atoms with Gasteiger partial charge in [-0.15, -0.1) is 0 Å². The van der Waals surface area contributed by atoms with Gasteiger partial charge in [0.15, 0.2) is 0 Å². The summed E-state index contributed by atoms with van der Waals surface area (Å²) in [4.78, 5) is 12.1. The number of carbonyl (C=O) groups excluding carboxylic acids is 1. The summed E-state index contributed by atoms with van der Waals surface area (Å²) in [6.07, 6.45) is 10.5. The van der Waals surface area contributed by atoms with Crippen molar-refractivity contribution in [2.45, 2.75) is 63.8 Å². The third kappa shape index (κ3) is 2.81. The number of carbonyl (C=O) groups is 1. The Morgan fingerprint density at radius 2 is 1.60 bits per heavy atom. The second kappa shape index (κ2) is 5.11. The van der Waals surface area contributed by atoms with Crippen molar-refractivity contribution >= 4 is 5.78 Å². The van der Waals surface area contributed by atoms with Crippen molar-refractivity contribution in [1.29, 1.82) is 0 Å². The molecule has 15 heavy (non-hydrogen) atoms. The zero-order valence-electron chi connectivity index (χ0n) is 9.58. The minimum atomic E-state index is 0.160. The lowest BCUT2D eigenvalue weighted by Gasteiger charge is -2.28. The third-order valence-electron chi connectivity index (χ3n) is 4.20. The first-order chi connectivity index (χ1) is 7.27. The van der Waals surface area contributed by atoms with Crippen LogP contribution in [0.25, 0.3) is 0 Å². The van der Waals surface area contributed by atoms with E-state index in [4.69, 9.17) is 5.73 Å². The molecule has 86 valence electrons. The lowest BCUT2D eigenvalue weighted by atomic mass is 9.79. The van der Waals surface area contributed by atoms with Gasteiger partial charge in [0.25, 0.3) is 0 Å².